The smallest absolute Gasteiger partial charge is 0.264 e. The summed E-state index contributed by atoms with van der Waals surface area (Å²) in [7, 11) is 0. The zero-order valence-corrected chi connectivity index (χ0v) is 6.86. The van der Waals surface area contributed by atoms with Crippen LogP contribution < -0.4 is 0 Å². The summed E-state index contributed by atoms with van der Waals surface area (Å²) in [5, 5.41) is 0. The Morgan fingerprint density at radius 2 is 2.08 bits per heavy atom. The molecule has 1 nitrogen and oxygen atoms in total. The zero-order valence-electron chi connectivity index (χ0n) is 5.97. The molecular formula is C7H6F3NS. The lowest BCUT2D eigenvalue weighted by atomic mass is 10.1. The summed E-state index contributed by atoms with van der Waals surface area (Å²) in [6.45, 7) is 0. The number of hydrogen-bond donors (Lipinski definition) is 1. The predicted octanol–water partition coefficient (Wildman–Crippen LogP) is 2.53. The van der Waals surface area contributed by atoms with Crippen LogP contribution in [-0.4, -0.2) is 4.98 Å². The highest BCUT2D eigenvalue weighted by atomic mass is 32.1. The Kier molecular flexibility index (Phi) is 2.62. The Hall–Kier alpha value is -0.710. The third kappa shape index (κ3) is 1.91. The minimum absolute atomic E-state index is 0.0443. The lowest BCUT2D eigenvalue weighted by Crippen LogP contribution is -2.08. The van der Waals surface area contributed by atoms with E-state index < -0.39 is 11.7 Å². The van der Waals surface area contributed by atoms with Crippen LogP contribution in [0.15, 0.2) is 18.5 Å². The summed E-state index contributed by atoms with van der Waals surface area (Å²) in [5.41, 5.74) is -0.555. The fourth-order valence-corrected chi connectivity index (χ4v) is 1.08. The normalized spacial score (nSPS) is 11.7. The fourth-order valence-electron chi connectivity index (χ4n) is 0.830. The lowest BCUT2D eigenvalue weighted by molar-refractivity contribution is -0.138. The van der Waals surface area contributed by atoms with Crippen molar-refractivity contribution < 1.29 is 13.2 Å². The van der Waals surface area contributed by atoms with E-state index in [9.17, 15) is 13.2 Å². The number of rotatable bonds is 1. The maximum Gasteiger partial charge on any atom is 0.416 e. The van der Waals surface area contributed by atoms with E-state index in [1.54, 1.807) is 0 Å². The van der Waals surface area contributed by atoms with E-state index in [1.165, 1.54) is 6.20 Å². The number of nitrogens with zero attached hydrogens (tertiary/aromatic N) is 1. The fraction of sp³-hybridized carbons (Fsp3) is 0.286. The van der Waals surface area contributed by atoms with E-state index in [2.05, 4.69) is 17.6 Å². The molecule has 0 unspecified atom stereocenters. The molecule has 0 aliphatic rings. The largest absolute Gasteiger partial charge is 0.416 e. The van der Waals surface area contributed by atoms with Crippen molar-refractivity contribution in [3.8, 4) is 0 Å². The van der Waals surface area contributed by atoms with E-state index in [4.69, 9.17) is 0 Å². The van der Waals surface area contributed by atoms with Gasteiger partial charge in [-0.25, -0.2) is 0 Å². The molecule has 12 heavy (non-hydrogen) atoms. The molecular weight excluding hydrogens is 187 g/mol. The summed E-state index contributed by atoms with van der Waals surface area (Å²) in [4.78, 5) is 3.58. The first kappa shape index (κ1) is 9.38. The first-order valence-electron chi connectivity index (χ1n) is 3.16. The monoisotopic (exact) mass is 193 g/mol. The van der Waals surface area contributed by atoms with Crippen molar-refractivity contribution in [1.29, 1.82) is 0 Å². The second kappa shape index (κ2) is 3.35. The van der Waals surface area contributed by atoms with Gasteiger partial charge in [-0.1, -0.05) is 0 Å². The predicted molar refractivity (Wildman–Crippen MR) is 41.9 cm³/mol. The average Bonchev–Trinajstić information content (AvgIpc) is 2.03. The van der Waals surface area contributed by atoms with Crippen molar-refractivity contribution >= 4 is 12.6 Å². The van der Waals surface area contributed by atoms with E-state index >= 15 is 0 Å². The minimum Gasteiger partial charge on any atom is -0.264 e. The Bertz CT molecular complexity index is 272. The van der Waals surface area contributed by atoms with Gasteiger partial charge in [-0.3, -0.25) is 4.98 Å². The lowest BCUT2D eigenvalue weighted by Gasteiger charge is -2.09. The molecule has 0 aliphatic heterocycles. The van der Waals surface area contributed by atoms with Crippen molar-refractivity contribution in [3.05, 3.63) is 29.6 Å². The Morgan fingerprint density at radius 3 is 2.50 bits per heavy atom. The molecule has 0 radical (unpaired) electrons. The third-order valence-corrected chi connectivity index (χ3v) is 1.72. The van der Waals surface area contributed by atoms with Gasteiger partial charge in [-0.15, -0.1) is 0 Å². The van der Waals surface area contributed by atoms with Gasteiger partial charge in [0.25, 0.3) is 0 Å². The van der Waals surface area contributed by atoms with Gasteiger partial charge in [0.15, 0.2) is 0 Å². The van der Waals surface area contributed by atoms with Gasteiger partial charge < -0.3 is 0 Å². The summed E-state index contributed by atoms with van der Waals surface area (Å²) in [6.07, 6.45) is -2.01. The van der Waals surface area contributed by atoms with Gasteiger partial charge in [-0.05, 0) is 11.6 Å². The molecule has 0 N–H and O–H groups in total. The molecule has 1 heterocycles. The van der Waals surface area contributed by atoms with Crippen LogP contribution in [0.5, 0.6) is 0 Å². The molecule has 0 bridgehead atoms. The number of hydrogen-bond acceptors (Lipinski definition) is 2. The van der Waals surface area contributed by atoms with E-state index in [-0.39, 0.29) is 11.3 Å². The van der Waals surface area contributed by atoms with Gasteiger partial charge in [0.05, 0.1) is 5.56 Å². The first-order chi connectivity index (χ1) is 5.55. The highest BCUT2D eigenvalue weighted by Gasteiger charge is 2.32. The van der Waals surface area contributed by atoms with E-state index in [1.807, 2.05) is 0 Å². The van der Waals surface area contributed by atoms with Gasteiger partial charge in [0.1, 0.15) is 0 Å². The van der Waals surface area contributed by atoms with Gasteiger partial charge in [-0.2, -0.15) is 25.8 Å². The van der Waals surface area contributed by atoms with Gasteiger partial charge in [0, 0.05) is 18.1 Å². The van der Waals surface area contributed by atoms with Gasteiger partial charge in [0.2, 0.25) is 0 Å². The number of alkyl halides is 3. The quantitative estimate of drug-likeness (QED) is 0.676. The van der Waals surface area contributed by atoms with Crippen LogP contribution in [0.4, 0.5) is 13.2 Å². The maximum absolute atomic E-state index is 12.2. The van der Waals surface area contributed by atoms with Crippen molar-refractivity contribution in [3.63, 3.8) is 0 Å². The molecule has 0 aliphatic carbocycles. The molecule has 5 heteroatoms. The molecule has 1 aromatic heterocycles. The molecule has 0 atom stereocenters. The summed E-state index contributed by atoms with van der Waals surface area (Å²) >= 11 is 3.77. The van der Waals surface area contributed by atoms with Crippen LogP contribution in [0.1, 0.15) is 11.1 Å². The molecule has 0 spiro atoms. The van der Waals surface area contributed by atoms with Crippen molar-refractivity contribution in [2.45, 2.75) is 11.9 Å². The Labute approximate surface area is 73.0 Å². The SMILES string of the molecule is FC(F)(F)c1ccncc1CS. The number of aromatic nitrogens is 1. The number of thiol groups is 1. The number of pyridine rings is 1. The van der Waals surface area contributed by atoms with Crippen LogP contribution in [0.25, 0.3) is 0 Å². The highest BCUT2D eigenvalue weighted by molar-refractivity contribution is 7.79. The summed E-state index contributed by atoms with van der Waals surface area (Å²) in [6, 6.07) is 0.950. The highest BCUT2D eigenvalue weighted by Crippen LogP contribution is 2.31. The first-order valence-corrected chi connectivity index (χ1v) is 3.80. The topological polar surface area (TPSA) is 12.9 Å². The van der Waals surface area contributed by atoms with Crippen molar-refractivity contribution in [1.82, 2.24) is 4.98 Å². The third-order valence-electron chi connectivity index (χ3n) is 1.38. The number of halogens is 3. The second-order valence-corrected chi connectivity index (χ2v) is 2.50. The Balaban J connectivity index is 3.14. The van der Waals surface area contributed by atoms with Crippen LogP contribution in [0, 0.1) is 0 Å². The van der Waals surface area contributed by atoms with E-state index in [0.29, 0.717) is 0 Å². The molecule has 0 saturated carbocycles. The molecule has 0 amide bonds. The van der Waals surface area contributed by atoms with Gasteiger partial charge >= 0.3 is 6.18 Å². The summed E-state index contributed by atoms with van der Waals surface area (Å²) in [5.74, 6) is 0.0443. The zero-order chi connectivity index (χ0) is 9.19. The molecule has 0 aromatic carbocycles. The van der Waals surface area contributed by atoms with Crippen LogP contribution in [0.3, 0.4) is 0 Å². The standard InChI is InChI=1S/C7H6F3NS/c8-7(9,10)6-1-2-11-3-5(6)4-12/h1-3,12H,4H2. The average molecular weight is 193 g/mol. The molecule has 66 valence electrons. The van der Waals surface area contributed by atoms with E-state index in [0.717, 1.165) is 12.3 Å². The van der Waals surface area contributed by atoms with Crippen LogP contribution >= 0.6 is 12.6 Å². The van der Waals surface area contributed by atoms with Crippen molar-refractivity contribution in [2.24, 2.45) is 0 Å². The Morgan fingerprint density at radius 1 is 1.42 bits per heavy atom. The van der Waals surface area contributed by atoms with Crippen LogP contribution in [-0.2, 0) is 11.9 Å². The maximum atomic E-state index is 12.2. The second-order valence-electron chi connectivity index (χ2n) is 2.19. The molecule has 1 aromatic rings. The molecule has 0 fully saturated rings. The molecule has 0 saturated heterocycles. The van der Waals surface area contributed by atoms with Crippen molar-refractivity contribution in [2.75, 3.05) is 0 Å². The summed E-state index contributed by atoms with van der Waals surface area (Å²) < 4.78 is 36.5. The molecule has 1 rings (SSSR count). The minimum atomic E-state index is -4.30. The van der Waals surface area contributed by atoms with Crippen LogP contribution in [0.2, 0.25) is 0 Å².